The van der Waals surface area contributed by atoms with Crippen LogP contribution in [-0.4, -0.2) is 41.5 Å². The van der Waals surface area contributed by atoms with Crippen LogP contribution < -0.4 is 10.6 Å². The highest BCUT2D eigenvalue weighted by Gasteiger charge is 2.16. The summed E-state index contributed by atoms with van der Waals surface area (Å²) < 4.78 is 0. The number of H-pyrrole nitrogens is 1. The van der Waals surface area contributed by atoms with Crippen LogP contribution in [0.1, 0.15) is 12.0 Å². The highest BCUT2D eigenvalue weighted by atomic mass is 35.5. The Morgan fingerprint density at radius 2 is 2.23 bits per heavy atom. The molecule has 3 rings (SSSR count). The average Bonchev–Trinajstić information content (AvgIpc) is 2.92. The second-order valence-electron chi connectivity index (χ2n) is 5.39. The molecule has 0 aliphatic carbocycles. The summed E-state index contributed by atoms with van der Waals surface area (Å²) in [5.74, 6) is 2.34. The number of halogens is 1. The van der Waals surface area contributed by atoms with E-state index in [1.165, 1.54) is 10.9 Å². The lowest BCUT2D eigenvalue weighted by Crippen LogP contribution is -2.41. The first kappa shape index (κ1) is 17.2. The summed E-state index contributed by atoms with van der Waals surface area (Å²) in [5.41, 5.74) is 2.42. The zero-order valence-electron chi connectivity index (χ0n) is 12.4. The van der Waals surface area contributed by atoms with Crippen LogP contribution in [0.15, 0.2) is 30.5 Å². The molecular formula is C16H22ClN3OS. The standard InChI is InChI=1S/C16H21N3OS.ClH/c20-16(9-13-11-21-8-7-17-13)18-6-5-12-10-19-15-4-2-1-3-14(12)15;/h1-4,10,13,17,19H,5-9,11H2,(H,18,20);1H. The Morgan fingerprint density at radius 1 is 1.36 bits per heavy atom. The van der Waals surface area contributed by atoms with Crippen LogP contribution in [0.3, 0.4) is 0 Å². The van der Waals surface area contributed by atoms with Crippen LogP contribution in [0.2, 0.25) is 0 Å². The molecule has 0 spiro atoms. The van der Waals surface area contributed by atoms with Crippen molar-refractivity contribution < 1.29 is 4.79 Å². The van der Waals surface area contributed by atoms with Crippen LogP contribution in [0.4, 0.5) is 0 Å². The van der Waals surface area contributed by atoms with Crippen molar-refractivity contribution in [1.82, 2.24) is 15.6 Å². The summed E-state index contributed by atoms with van der Waals surface area (Å²) in [5, 5.41) is 7.67. The Bertz CT molecular complexity index is 610. The Labute approximate surface area is 141 Å². The quantitative estimate of drug-likeness (QED) is 0.783. The lowest BCUT2D eigenvalue weighted by molar-refractivity contribution is -0.121. The van der Waals surface area contributed by atoms with Crippen molar-refractivity contribution in [2.75, 3.05) is 24.6 Å². The van der Waals surface area contributed by atoms with Gasteiger partial charge in [0.25, 0.3) is 0 Å². The second kappa shape index (κ2) is 8.46. The van der Waals surface area contributed by atoms with Crippen molar-refractivity contribution in [1.29, 1.82) is 0 Å². The van der Waals surface area contributed by atoms with Crippen LogP contribution in [0, 0.1) is 0 Å². The van der Waals surface area contributed by atoms with E-state index in [9.17, 15) is 4.79 Å². The summed E-state index contributed by atoms with van der Waals surface area (Å²) in [7, 11) is 0. The number of hydrogen-bond donors (Lipinski definition) is 3. The number of carbonyl (C=O) groups excluding carboxylic acids is 1. The number of thioether (sulfide) groups is 1. The van der Waals surface area contributed by atoms with Crippen LogP contribution in [-0.2, 0) is 11.2 Å². The lowest BCUT2D eigenvalue weighted by Gasteiger charge is -2.22. The van der Waals surface area contributed by atoms with E-state index in [0.717, 1.165) is 30.0 Å². The molecule has 1 saturated heterocycles. The van der Waals surface area contributed by atoms with E-state index in [1.54, 1.807) is 0 Å². The molecule has 120 valence electrons. The first-order valence-corrected chi connectivity index (χ1v) is 8.61. The molecular weight excluding hydrogens is 318 g/mol. The number of para-hydroxylation sites is 1. The normalized spacial score (nSPS) is 17.9. The number of amides is 1. The highest BCUT2D eigenvalue weighted by molar-refractivity contribution is 7.99. The maximum Gasteiger partial charge on any atom is 0.221 e. The van der Waals surface area contributed by atoms with Crippen molar-refractivity contribution in [3.05, 3.63) is 36.0 Å². The molecule has 1 amide bonds. The molecule has 1 unspecified atom stereocenters. The SMILES string of the molecule is Cl.O=C(CC1CSCCN1)NCCc1c[nH]c2ccccc12. The van der Waals surface area contributed by atoms with Gasteiger partial charge in [0.1, 0.15) is 0 Å². The molecule has 2 aromatic rings. The van der Waals surface area contributed by atoms with Crippen molar-refractivity contribution in [3.63, 3.8) is 0 Å². The van der Waals surface area contributed by atoms with Gasteiger partial charge >= 0.3 is 0 Å². The van der Waals surface area contributed by atoms with E-state index in [2.05, 4.69) is 27.8 Å². The number of carbonyl (C=O) groups is 1. The molecule has 0 bridgehead atoms. The summed E-state index contributed by atoms with van der Waals surface area (Å²) in [6, 6.07) is 8.59. The summed E-state index contributed by atoms with van der Waals surface area (Å²) >= 11 is 1.92. The van der Waals surface area contributed by atoms with Crippen molar-refractivity contribution >= 4 is 41.0 Å². The lowest BCUT2D eigenvalue weighted by atomic mass is 10.1. The van der Waals surface area contributed by atoms with E-state index >= 15 is 0 Å². The molecule has 1 aliphatic rings. The fraction of sp³-hybridized carbons (Fsp3) is 0.438. The molecule has 1 aromatic heterocycles. The van der Waals surface area contributed by atoms with Crippen LogP contribution in [0.5, 0.6) is 0 Å². The van der Waals surface area contributed by atoms with Crippen LogP contribution in [0.25, 0.3) is 10.9 Å². The van der Waals surface area contributed by atoms with Gasteiger partial charge in [-0.1, -0.05) is 18.2 Å². The van der Waals surface area contributed by atoms with E-state index in [1.807, 2.05) is 30.1 Å². The van der Waals surface area contributed by atoms with Crippen molar-refractivity contribution in [3.8, 4) is 0 Å². The fourth-order valence-corrected chi connectivity index (χ4v) is 3.67. The molecule has 22 heavy (non-hydrogen) atoms. The topological polar surface area (TPSA) is 56.9 Å². The molecule has 1 fully saturated rings. The van der Waals surface area contributed by atoms with Gasteiger partial charge in [0.05, 0.1) is 0 Å². The molecule has 4 nitrogen and oxygen atoms in total. The third-order valence-corrected chi connectivity index (χ3v) is 4.95. The smallest absolute Gasteiger partial charge is 0.221 e. The third kappa shape index (κ3) is 4.41. The zero-order chi connectivity index (χ0) is 14.5. The minimum absolute atomic E-state index is 0. The van der Waals surface area contributed by atoms with Gasteiger partial charge in [-0.3, -0.25) is 4.79 Å². The van der Waals surface area contributed by atoms with Gasteiger partial charge in [0, 0.05) is 54.2 Å². The summed E-state index contributed by atoms with van der Waals surface area (Å²) in [6.07, 6.45) is 3.49. The van der Waals surface area contributed by atoms with Gasteiger partial charge in [-0.2, -0.15) is 11.8 Å². The Hall–Kier alpha value is -1.17. The summed E-state index contributed by atoms with van der Waals surface area (Å²) in [6.45, 7) is 1.71. The Balaban J connectivity index is 0.00000176. The molecule has 3 N–H and O–H groups in total. The van der Waals surface area contributed by atoms with E-state index in [0.29, 0.717) is 19.0 Å². The number of benzene rings is 1. The van der Waals surface area contributed by atoms with Crippen LogP contribution >= 0.6 is 24.2 Å². The Kier molecular flexibility index (Phi) is 6.61. The number of fused-ring (bicyclic) bond motifs is 1. The third-order valence-electron chi connectivity index (χ3n) is 3.82. The highest BCUT2D eigenvalue weighted by Crippen LogP contribution is 2.17. The monoisotopic (exact) mass is 339 g/mol. The van der Waals surface area contributed by atoms with E-state index < -0.39 is 0 Å². The maximum atomic E-state index is 11.9. The molecule has 6 heteroatoms. The molecule has 2 heterocycles. The van der Waals surface area contributed by atoms with Gasteiger partial charge in [-0.25, -0.2) is 0 Å². The zero-order valence-corrected chi connectivity index (χ0v) is 14.1. The maximum absolute atomic E-state index is 11.9. The van der Waals surface area contributed by atoms with Crippen molar-refractivity contribution in [2.45, 2.75) is 18.9 Å². The number of rotatable bonds is 5. The number of nitrogens with one attached hydrogen (secondary N) is 3. The minimum atomic E-state index is 0. The molecule has 0 radical (unpaired) electrons. The van der Waals surface area contributed by atoms with Gasteiger partial charge in [0.2, 0.25) is 5.91 Å². The van der Waals surface area contributed by atoms with Crippen molar-refractivity contribution in [2.24, 2.45) is 0 Å². The Morgan fingerprint density at radius 3 is 3.05 bits per heavy atom. The summed E-state index contributed by atoms with van der Waals surface area (Å²) in [4.78, 5) is 15.2. The molecule has 0 saturated carbocycles. The number of aromatic nitrogens is 1. The van der Waals surface area contributed by atoms with Gasteiger partial charge < -0.3 is 15.6 Å². The van der Waals surface area contributed by atoms with Gasteiger partial charge in [-0.05, 0) is 18.1 Å². The first-order chi connectivity index (χ1) is 10.3. The predicted molar refractivity (Wildman–Crippen MR) is 96.0 cm³/mol. The molecule has 1 aliphatic heterocycles. The molecule has 1 atom stereocenters. The average molecular weight is 340 g/mol. The van der Waals surface area contributed by atoms with E-state index in [-0.39, 0.29) is 18.3 Å². The largest absolute Gasteiger partial charge is 0.361 e. The predicted octanol–water partition coefficient (Wildman–Crippen LogP) is 2.34. The number of aromatic amines is 1. The van der Waals surface area contributed by atoms with E-state index in [4.69, 9.17) is 0 Å². The molecule has 1 aromatic carbocycles. The first-order valence-electron chi connectivity index (χ1n) is 7.46. The second-order valence-corrected chi connectivity index (χ2v) is 6.54. The van der Waals surface area contributed by atoms with Gasteiger partial charge in [0.15, 0.2) is 0 Å². The van der Waals surface area contributed by atoms with Gasteiger partial charge in [-0.15, -0.1) is 12.4 Å². The minimum Gasteiger partial charge on any atom is -0.361 e. The number of hydrogen-bond acceptors (Lipinski definition) is 3. The fourth-order valence-electron chi connectivity index (χ4n) is 2.72.